The Bertz CT molecular complexity index is 1210. The van der Waals surface area contributed by atoms with Crippen LogP contribution in [0.5, 0.6) is 5.75 Å². The molecule has 0 aliphatic heterocycles. The molecule has 0 aliphatic carbocycles. The molecule has 8 heteroatoms. The minimum atomic E-state index is -1.16. The lowest BCUT2D eigenvalue weighted by Crippen LogP contribution is -2.13. The highest BCUT2D eigenvalue weighted by atomic mass is 35.5. The predicted octanol–water partition coefficient (Wildman–Crippen LogP) is 5.24. The number of carboxylic acids is 1. The van der Waals surface area contributed by atoms with Gasteiger partial charge in [-0.3, -0.25) is 4.79 Å². The lowest BCUT2D eigenvalue weighted by atomic mass is 10.1. The Kier molecular flexibility index (Phi) is 6.75. The van der Waals surface area contributed by atoms with E-state index in [1.54, 1.807) is 42.5 Å². The van der Waals surface area contributed by atoms with Crippen LogP contribution in [0.15, 0.2) is 64.6 Å². The first-order chi connectivity index (χ1) is 14.9. The highest BCUT2D eigenvalue weighted by Gasteiger charge is 2.14. The summed E-state index contributed by atoms with van der Waals surface area (Å²) in [4.78, 5) is 23.8. The van der Waals surface area contributed by atoms with Crippen LogP contribution in [0, 0.1) is 11.3 Å². The fraction of sp³-hybridized carbons (Fsp3) is 0.0870. The number of nitriles is 1. The SMILES string of the molecule is CCOc1cccc(NC(=O)/C(C#N)=C/c2ccc(-c3ccc(Cl)c(C(=O)O)c3)o2)c1. The number of rotatable bonds is 7. The number of carbonyl (C=O) groups excluding carboxylic acids is 1. The first-order valence-corrected chi connectivity index (χ1v) is 9.58. The number of furan rings is 1. The summed E-state index contributed by atoms with van der Waals surface area (Å²) in [7, 11) is 0. The standard InChI is InChI=1S/C23H17ClN2O5/c1-2-30-17-5-3-4-16(12-17)26-22(27)15(13-25)10-18-7-9-21(31-18)14-6-8-20(24)19(11-14)23(28)29/h3-12H,2H2,1H3,(H,26,27)(H,28,29)/b15-10+. The summed E-state index contributed by atoms with van der Waals surface area (Å²) in [5.74, 6) is -0.532. The topological polar surface area (TPSA) is 113 Å². The second-order valence-corrected chi connectivity index (χ2v) is 6.69. The molecule has 1 amide bonds. The number of benzene rings is 2. The molecule has 2 N–H and O–H groups in total. The van der Waals surface area contributed by atoms with Gasteiger partial charge in [0.05, 0.1) is 17.2 Å². The van der Waals surface area contributed by atoms with Crippen molar-refractivity contribution in [2.75, 3.05) is 11.9 Å². The lowest BCUT2D eigenvalue weighted by Gasteiger charge is -2.07. The molecule has 0 fully saturated rings. The number of nitrogens with zero attached hydrogens (tertiary/aromatic N) is 1. The minimum Gasteiger partial charge on any atom is -0.494 e. The first-order valence-electron chi connectivity index (χ1n) is 9.20. The van der Waals surface area contributed by atoms with E-state index in [0.717, 1.165) is 0 Å². The van der Waals surface area contributed by atoms with Gasteiger partial charge in [0, 0.05) is 23.4 Å². The summed E-state index contributed by atoms with van der Waals surface area (Å²) in [6.07, 6.45) is 1.30. The summed E-state index contributed by atoms with van der Waals surface area (Å²) >= 11 is 5.89. The Morgan fingerprint density at radius 3 is 2.74 bits per heavy atom. The molecule has 31 heavy (non-hydrogen) atoms. The van der Waals surface area contributed by atoms with Crippen molar-refractivity contribution in [1.29, 1.82) is 5.26 Å². The van der Waals surface area contributed by atoms with E-state index in [-0.39, 0.29) is 21.9 Å². The number of halogens is 1. The fourth-order valence-corrected chi connectivity index (χ4v) is 2.95. The average molecular weight is 437 g/mol. The molecule has 156 valence electrons. The highest BCUT2D eigenvalue weighted by molar-refractivity contribution is 6.33. The van der Waals surface area contributed by atoms with E-state index >= 15 is 0 Å². The van der Waals surface area contributed by atoms with E-state index in [1.807, 2.05) is 13.0 Å². The molecule has 0 aliphatic rings. The van der Waals surface area contributed by atoms with Crippen LogP contribution in [0.1, 0.15) is 23.0 Å². The van der Waals surface area contributed by atoms with Crippen LogP contribution in [0.2, 0.25) is 5.02 Å². The molecule has 0 atom stereocenters. The number of nitrogens with one attached hydrogen (secondary N) is 1. The number of hydrogen-bond donors (Lipinski definition) is 2. The number of anilines is 1. The van der Waals surface area contributed by atoms with Crippen molar-refractivity contribution >= 4 is 35.2 Å². The molecule has 0 spiro atoms. The molecule has 3 rings (SSSR count). The van der Waals surface area contributed by atoms with Crippen LogP contribution in [0.25, 0.3) is 17.4 Å². The summed E-state index contributed by atoms with van der Waals surface area (Å²) in [6.45, 7) is 2.34. The third-order valence-electron chi connectivity index (χ3n) is 4.16. The Hall–Kier alpha value is -4.02. The predicted molar refractivity (Wildman–Crippen MR) is 116 cm³/mol. The van der Waals surface area contributed by atoms with Crippen molar-refractivity contribution in [3.8, 4) is 23.1 Å². The first kappa shape index (κ1) is 21.7. The van der Waals surface area contributed by atoms with Gasteiger partial charge >= 0.3 is 5.97 Å². The smallest absolute Gasteiger partial charge is 0.337 e. The van der Waals surface area contributed by atoms with Crippen molar-refractivity contribution in [3.63, 3.8) is 0 Å². The normalized spacial score (nSPS) is 10.9. The molecule has 0 saturated heterocycles. The van der Waals surface area contributed by atoms with Crippen LogP contribution >= 0.6 is 11.6 Å². The minimum absolute atomic E-state index is 0.0565. The Morgan fingerprint density at radius 1 is 1.23 bits per heavy atom. The van der Waals surface area contributed by atoms with Gasteiger partial charge in [-0.15, -0.1) is 0 Å². The summed E-state index contributed by atoms with van der Waals surface area (Å²) < 4.78 is 11.1. The zero-order valence-corrected chi connectivity index (χ0v) is 17.1. The quantitative estimate of drug-likeness (QED) is 0.386. The van der Waals surface area contributed by atoms with Gasteiger partial charge in [0.15, 0.2) is 0 Å². The van der Waals surface area contributed by atoms with Crippen LogP contribution in [-0.2, 0) is 4.79 Å². The third-order valence-corrected chi connectivity index (χ3v) is 4.49. The number of aromatic carboxylic acids is 1. The van der Waals surface area contributed by atoms with Crippen molar-refractivity contribution < 1.29 is 23.8 Å². The zero-order chi connectivity index (χ0) is 22.4. The number of carboxylic acid groups (broad SMARTS) is 1. The van der Waals surface area contributed by atoms with Crippen molar-refractivity contribution in [2.24, 2.45) is 0 Å². The summed E-state index contributed by atoms with van der Waals surface area (Å²) in [5.41, 5.74) is 0.765. The second kappa shape index (κ2) is 9.65. The Morgan fingerprint density at radius 2 is 2.03 bits per heavy atom. The molecular weight excluding hydrogens is 420 g/mol. The van der Waals surface area contributed by atoms with E-state index in [0.29, 0.717) is 29.4 Å². The second-order valence-electron chi connectivity index (χ2n) is 6.29. The van der Waals surface area contributed by atoms with E-state index < -0.39 is 11.9 Å². The van der Waals surface area contributed by atoms with Gasteiger partial charge in [-0.25, -0.2) is 4.79 Å². The van der Waals surface area contributed by atoms with E-state index in [1.165, 1.54) is 18.2 Å². The fourth-order valence-electron chi connectivity index (χ4n) is 2.75. The maximum atomic E-state index is 12.5. The van der Waals surface area contributed by atoms with E-state index in [2.05, 4.69) is 5.32 Å². The van der Waals surface area contributed by atoms with Crippen LogP contribution in [-0.4, -0.2) is 23.6 Å². The van der Waals surface area contributed by atoms with Gasteiger partial charge in [0.2, 0.25) is 0 Å². The molecule has 0 radical (unpaired) electrons. The Labute approximate surface area is 183 Å². The van der Waals surface area contributed by atoms with Gasteiger partial charge in [-0.2, -0.15) is 5.26 Å². The molecule has 7 nitrogen and oxygen atoms in total. The number of carbonyl (C=O) groups is 2. The van der Waals surface area contributed by atoms with Crippen molar-refractivity contribution in [1.82, 2.24) is 0 Å². The maximum Gasteiger partial charge on any atom is 0.337 e. The molecule has 0 saturated carbocycles. The molecule has 3 aromatic rings. The average Bonchev–Trinajstić information content (AvgIpc) is 3.21. The number of hydrogen-bond acceptors (Lipinski definition) is 5. The summed E-state index contributed by atoms with van der Waals surface area (Å²) in [6, 6.07) is 16.3. The highest BCUT2D eigenvalue weighted by Crippen LogP contribution is 2.28. The molecule has 0 bridgehead atoms. The maximum absolute atomic E-state index is 12.5. The van der Waals surface area contributed by atoms with Crippen LogP contribution < -0.4 is 10.1 Å². The van der Waals surface area contributed by atoms with Gasteiger partial charge in [-0.05, 0) is 49.4 Å². The zero-order valence-electron chi connectivity index (χ0n) is 16.4. The third kappa shape index (κ3) is 5.32. The van der Waals surface area contributed by atoms with E-state index in [9.17, 15) is 20.0 Å². The molecule has 1 heterocycles. The molecule has 1 aromatic heterocycles. The lowest BCUT2D eigenvalue weighted by molar-refractivity contribution is -0.112. The van der Waals surface area contributed by atoms with Crippen molar-refractivity contribution in [2.45, 2.75) is 6.92 Å². The van der Waals surface area contributed by atoms with Gasteiger partial charge in [0.1, 0.15) is 28.9 Å². The number of ether oxygens (including phenoxy) is 1. The molecular formula is C23H17ClN2O5. The summed E-state index contributed by atoms with van der Waals surface area (Å²) in [5, 5.41) is 21.4. The van der Waals surface area contributed by atoms with Crippen molar-refractivity contribution in [3.05, 3.63) is 76.5 Å². The van der Waals surface area contributed by atoms with Crippen LogP contribution in [0.4, 0.5) is 5.69 Å². The van der Waals surface area contributed by atoms with E-state index in [4.69, 9.17) is 20.8 Å². The van der Waals surface area contributed by atoms with Gasteiger partial charge in [0.25, 0.3) is 5.91 Å². The Balaban J connectivity index is 1.81. The van der Waals surface area contributed by atoms with Gasteiger partial charge in [-0.1, -0.05) is 17.7 Å². The van der Waals surface area contributed by atoms with Gasteiger partial charge < -0.3 is 19.6 Å². The molecule has 2 aromatic carbocycles. The monoisotopic (exact) mass is 436 g/mol. The molecule has 0 unspecified atom stereocenters. The van der Waals surface area contributed by atoms with Crippen LogP contribution in [0.3, 0.4) is 0 Å². The largest absolute Gasteiger partial charge is 0.494 e. The number of amides is 1.